The average Bonchev–Trinajstić information content (AvgIpc) is 2.92. The number of methoxy groups -OCH3 is 1. The third kappa shape index (κ3) is 6.41. The van der Waals surface area contributed by atoms with Crippen molar-refractivity contribution in [1.82, 2.24) is 5.32 Å². The number of fused-ring (bicyclic) bond motifs is 1. The Morgan fingerprint density at radius 3 is 2.61 bits per heavy atom. The highest BCUT2D eigenvalue weighted by Crippen LogP contribution is 2.33. The van der Waals surface area contributed by atoms with Gasteiger partial charge in [-0.25, -0.2) is 0 Å². The summed E-state index contributed by atoms with van der Waals surface area (Å²) in [4.78, 5) is 39.2. The Kier molecular flexibility index (Phi) is 8.18. The van der Waals surface area contributed by atoms with Crippen LogP contribution in [0.25, 0.3) is 0 Å². The van der Waals surface area contributed by atoms with E-state index in [1.54, 1.807) is 54.5 Å². The molecule has 0 saturated carbocycles. The molecule has 0 spiro atoms. The molecule has 186 valence electrons. The summed E-state index contributed by atoms with van der Waals surface area (Å²) in [5, 5.41) is 2.89. The van der Waals surface area contributed by atoms with E-state index < -0.39 is 0 Å². The first-order chi connectivity index (χ1) is 17.5. The second-order valence-electron chi connectivity index (χ2n) is 8.27. The van der Waals surface area contributed by atoms with E-state index in [1.165, 1.54) is 0 Å². The number of hydrogen-bond acceptors (Lipinski definition) is 6. The van der Waals surface area contributed by atoms with Crippen molar-refractivity contribution in [3.8, 4) is 17.2 Å². The zero-order valence-corrected chi connectivity index (χ0v) is 20.1. The first-order valence-corrected chi connectivity index (χ1v) is 11.7. The van der Waals surface area contributed by atoms with E-state index in [1.807, 2.05) is 30.3 Å². The molecule has 36 heavy (non-hydrogen) atoms. The number of nitrogens with zero attached hydrogens (tertiary/aromatic N) is 1. The van der Waals surface area contributed by atoms with Crippen LogP contribution in [0.1, 0.15) is 28.8 Å². The molecule has 0 fully saturated rings. The van der Waals surface area contributed by atoms with Crippen LogP contribution in [-0.4, -0.2) is 44.5 Å². The molecule has 0 bridgehead atoms. The predicted molar refractivity (Wildman–Crippen MR) is 135 cm³/mol. The molecule has 0 atom stereocenters. The molecule has 0 aromatic heterocycles. The molecule has 0 aliphatic carbocycles. The van der Waals surface area contributed by atoms with E-state index in [0.29, 0.717) is 48.0 Å². The molecule has 3 aromatic rings. The number of ketones is 1. The molecule has 1 aliphatic rings. The molecule has 8 heteroatoms. The highest BCUT2D eigenvalue weighted by atomic mass is 16.5. The first-order valence-electron chi connectivity index (χ1n) is 11.7. The molecule has 1 heterocycles. The van der Waals surface area contributed by atoms with E-state index in [4.69, 9.17) is 14.2 Å². The minimum atomic E-state index is -0.237. The van der Waals surface area contributed by atoms with Gasteiger partial charge in [0.05, 0.1) is 12.8 Å². The normalized spacial score (nSPS) is 12.4. The smallest absolute Gasteiger partial charge is 0.265 e. The van der Waals surface area contributed by atoms with Crippen LogP contribution in [0.3, 0.4) is 0 Å². The van der Waals surface area contributed by atoms with Gasteiger partial charge in [-0.1, -0.05) is 36.4 Å². The fourth-order valence-electron chi connectivity index (χ4n) is 3.83. The number of amides is 2. The van der Waals surface area contributed by atoms with E-state index >= 15 is 0 Å². The number of ether oxygens (including phenoxy) is 3. The summed E-state index contributed by atoms with van der Waals surface area (Å²) in [5.41, 5.74) is 1.94. The Balaban J connectivity index is 1.34. The SMILES string of the molecule is COc1cccc(OCC(=O)c2ccc3c(c2)N(CCCC(=O)NCc2ccccc2)C(=O)CO3)c1. The number of carbonyl (C=O) groups is 3. The first kappa shape index (κ1) is 24.8. The van der Waals surface area contributed by atoms with Crippen LogP contribution in [-0.2, 0) is 16.1 Å². The Morgan fingerprint density at radius 1 is 1.00 bits per heavy atom. The number of nitrogens with one attached hydrogen (secondary N) is 1. The zero-order valence-electron chi connectivity index (χ0n) is 20.1. The fraction of sp³-hybridized carbons (Fsp3) is 0.250. The van der Waals surface area contributed by atoms with Crippen molar-refractivity contribution in [1.29, 1.82) is 0 Å². The summed E-state index contributed by atoms with van der Waals surface area (Å²) in [6.45, 7) is 0.552. The predicted octanol–water partition coefficient (Wildman–Crippen LogP) is 3.78. The summed E-state index contributed by atoms with van der Waals surface area (Å²) < 4.78 is 16.3. The maximum atomic E-state index is 12.8. The maximum absolute atomic E-state index is 12.8. The molecule has 0 unspecified atom stereocenters. The molecular formula is C28H28N2O6. The molecule has 0 saturated heterocycles. The van der Waals surface area contributed by atoms with Crippen LogP contribution in [0.5, 0.6) is 17.2 Å². The lowest BCUT2D eigenvalue weighted by Gasteiger charge is -2.29. The minimum absolute atomic E-state index is 0.0839. The molecule has 1 N–H and O–H groups in total. The quantitative estimate of drug-likeness (QED) is 0.413. The highest BCUT2D eigenvalue weighted by Gasteiger charge is 2.26. The lowest BCUT2D eigenvalue weighted by molar-refractivity contribution is -0.123. The molecule has 0 radical (unpaired) electrons. The number of benzene rings is 3. The molecule has 1 aliphatic heterocycles. The summed E-state index contributed by atoms with van der Waals surface area (Å²) in [6, 6.07) is 21.7. The summed E-state index contributed by atoms with van der Waals surface area (Å²) in [7, 11) is 1.56. The largest absolute Gasteiger partial charge is 0.497 e. The van der Waals surface area contributed by atoms with Crippen LogP contribution in [0.15, 0.2) is 72.8 Å². The van der Waals surface area contributed by atoms with Gasteiger partial charge in [-0.3, -0.25) is 14.4 Å². The summed E-state index contributed by atoms with van der Waals surface area (Å²) in [6.07, 6.45) is 0.753. The van der Waals surface area contributed by atoms with Crippen molar-refractivity contribution in [2.45, 2.75) is 19.4 Å². The van der Waals surface area contributed by atoms with Gasteiger partial charge in [0.2, 0.25) is 5.91 Å². The molecule has 2 amide bonds. The Labute approximate surface area is 209 Å². The third-order valence-corrected chi connectivity index (χ3v) is 5.75. The van der Waals surface area contributed by atoms with Crippen molar-refractivity contribution in [2.75, 3.05) is 31.8 Å². The van der Waals surface area contributed by atoms with Gasteiger partial charge >= 0.3 is 0 Å². The maximum Gasteiger partial charge on any atom is 0.265 e. The number of anilines is 1. The van der Waals surface area contributed by atoms with E-state index in [9.17, 15) is 14.4 Å². The topological polar surface area (TPSA) is 94.2 Å². The van der Waals surface area contributed by atoms with Gasteiger partial charge in [0.1, 0.15) is 17.2 Å². The average molecular weight is 489 g/mol. The number of carbonyl (C=O) groups excluding carboxylic acids is 3. The monoisotopic (exact) mass is 488 g/mol. The standard InChI is InChI=1S/C28H28N2O6/c1-34-22-9-5-10-23(16-22)35-18-25(31)21-12-13-26-24(15-21)30(28(33)19-36-26)14-6-11-27(32)29-17-20-7-3-2-4-8-20/h2-5,7-10,12-13,15-16H,6,11,14,17-19H2,1H3,(H,29,32). The van der Waals surface area contributed by atoms with Crippen LogP contribution in [0.2, 0.25) is 0 Å². The zero-order chi connectivity index (χ0) is 25.3. The van der Waals surface area contributed by atoms with Crippen molar-refractivity contribution < 1.29 is 28.6 Å². The van der Waals surface area contributed by atoms with Gasteiger partial charge < -0.3 is 24.4 Å². The van der Waals surface area contributed by atoms with Gasteiger partial charge in [-0.2, -0.15) is 0 Å². The Morgan fingerprint density at radius 2 is 1.81 bits per heavy atom. The second kappa shape index (κ2) is 11.9. The van der Waals surface area contributed by atoms with Gasteiger partial charge in [-0.05, 0) is 42.3 Å². The van der Waals surface area contributed by atoms with Crippen LogP contribution in [0.4, 0.5) is 5.69 Å². The van der Waals surface area contributed by atoms with Gasteiger partial charge in [0, 0.05) is 31.1 Å². The van der Waals surface area contributed by atoms with Crippen molar-refractivity contribution in [2.24, 2.45) is 0 Å². The number of rotatable bonds is 11. The van der Waals surface area contributed by atoms with Crippen LogP contribution < -0.4 is 24.4 Å². The summed E-state index contributed by atoms with van der Waals surface area (Å²) in [5.74, 6) is 1.13. The lowest BCUT2D eigenvalue weighted by Crippen LogP contribution is -2.40. The molecule has 4 rings (SSSR count). The lowest BCUT2D eigenvalue weighted by atomic mass is 10.1. The van der Waals surface area contributed by atoms with Crippen LogP contribution in [0, 0.1) is 0 Å². The van der Waals surface area contributed by atoms with Gasteiger partial charge in [-0.15, -0.1) is 0 Å². The van der Waals surface area contributed by atoms with E-state index in [-0.39, 0.29) is 37.2 Å². The minimum Gasteiger partial charge on any atom is -0.497 e. The van der Waals surface area contributed by atoms with Crippen molar-refractivity contribution in [3.63, 3.8) is 0 Å². The Bertz CT molecular complexity index is 1230. The fourth-order valence-corrected chi connectivity index (χ4v) is 3.83. The number of Topliss-reactive ketones (excluding diaryl/α,β-unsaturated/α-hetero) is 1. The molecule has 3 aromatic carbocycles. The third-order valence-electron chi connectivity index (χ3n) is 5.75. The van der Waals surface area contributed by atoms with Gasteiger partial charge in [0.25, 0.3) is 5.91 Å². The Hall–Kier alpha value is -4.33. The highest BCUT2D eigenvalue weighted by molar-refractivity contribution is 6.02. The summed E-state index contributed by atoms with van der Waals surface area (Å²) >= 11 is 0. The molecular weight excluding hydrogens is 460 g/mol. The van der Waals surface area contributed by atoms with Crippen LogP contribution >= 0.6 is 0 Å². The molecule has 8 nitrogen and oxygen atoms in total. The second-order valence-corrected chi connectivity index (χ2v) is 8.27. The van der Waals surface area contributed by atoms with Crippen molar-refractivity contribution >= 4 is 23.3 Å². The van der Waals surface area contributed by atoms with Gasteiger partial charge in [0.15, 0.2) is 19.0 Å². The van der Waals surface area contributed by atoms with E-state index in [2.05, 4.69) is 5.32 Å². The number of hydrogen-bond donors (Lipinski definition) is 1. The van der Waals surface area contributed by atoms with Crippen molar-refractivity contribution in [3.05, 3.63) is 83.9 Å². The van der Waals surface area contributed by atoms with E-state index in [0.717, 1.165) is 5.56 Å².